The Kier molecular flexibility index (Phi) is 65.2. The van der Waals surface area contributed by atoms with Crippen molar-refractivity contribution in [3.8, 4) is 0 Å². The second kappa shape index (κ2) is 68.1. The summed E-state index contributed by atoms with van der Waals surface area (Å²) in [4.78, 5) is 38.3. The molecule has 6 nitrogen and oxygen atoms in total. The van der Waals surface area contributed by atoms with Crippen LogP contribution in [0.4, 0.5) is 0 Å². The first-order chi connectivity index (χ1) is 39.5. The molecule has 0 N–H and O–H groups in total. The van der Waals surface area contributed by atoms with E-state index in [2.05, 4.69) is 106 Å². The van der Waals surface area contributed by atoms with Gasteiger partial charge < -0.3 is 14.2 Å². The van der Waals surface area contributed by atoms with Gasteiger partial charge in [-0.15, -0.1) is 0 Å². The third-order valence-corrected chi connectivity index (χ3v) is 15.1. The molecular weight excluding hydrogens is 985 g/mol. The van der Waals surface area contributed by atoms with Gasteiger partial charge in [0.2, 0.25) is 0 Å². The number of carbonyl (C=O) groups excluding carboxylic acids is 3. The highest BCUT2D eigenvalue weighted by Gasteiger charge is 2.19. The number of carbonyl (C=O) groups is 3. The number of rotatable bonds is 63. The quantitative estimate of drug-likeness (QED) is 0.0261. The highest BCUT2D eigenvalue weighted by Crippen LogP contribution is 2.18. The molecule has 0 saturated carbocycles. The molecule has 80 heavy (non-hydrogen) atoms. The van der Waals surface area contributed by atoms with Crippen LogP contribution in [0.1, 0.15) is 348 Å². The van der Waals surface area contributed by atoms with Crippen molar-refractivity contribution >= 4 is 17.9 Å². The van der Waals surface area contributed by atoms with E-state index in [9.17, 15) is 14.4 Å². The molecule has 0 aromatic carbocycles. The van der Waals surface area contributed by atoms with Crippen LogP contribution in [0.2, 0.25) is 0 Å². The van der Waals surface area contributed by atoms with Gasteiger partial charge in [0, 0.05) is 19.3 Å². The molecule has 0 saturated heterocycles. The summed E-state index contributed by atoms with van der Waals surface area (Å²) in [6.07, 6.45) is 90.5. The van der Waals surface area contributed by atoms with Crippen molar-refractivity contribution < 1.29 is 28.6 Å². The average molecular weight is 1120 g/mol. The first-order valence-corrected chi connectivity index (χ1v) is 34.6. The molecule has 0 rings (SSSR count). The van der Waals surface area contributed by atoms with Crippen molar-refractivity contribution in [2.45, 2.75) is 354 Å². The highest BCUT2D eigenvalue weighted by molar-refractivity contribution is 5.71. The summed E-state index contributed by atoms with van der Waals surface area (Å²) < 4.78 is 16.9. The maximum Gasteiger partial charge on any atom is 0.306 e. The Morgan fingerprint density at radius 1 is 0.263 bits per heavy atom. The summed E-state index contributed by atoms with van der Waals surface area (Å²) in [6, 6.07) is 0. The van der Waals surface area contributed by atoms with E-state index in [1.807, 2.05) is 0 Å². The van der Waals surface area contributed by atoms with E-state index in [1.54, 1.807) is 0 Å². The summed E-state index contributed by atoms with van der Waals surface area (Å²) in [6.45, 7) is 6.49. The number of esters is 3. The van der Waals surface area contributed by atoms with Gasteiger partial charge in [-0.3, -0.25) is 14.4 Å². The van der Waals surface area contributed by atoms with Crippen molar-refractivity contribution in [1.82, 2.24) is 0 Å². The fourth-order valence-electron chi connectivity index (χ4n) is 9.92. The number of allylic oxidation sites excluding steroid dienone is 14. The van der Waals surface area contributed by atoms with Crippen LogP contribution in [0, 0.1) is 0 Å². The van der Waals surface area contributed by atoms with Crippen molar-refractivity contribution in [2.24, 2.45) is 0 Å². The minimum atomic E-state index is -0.785. The zero-order valence-electron chi connectivity index (χ0n) is 53.1. The van der Waals surface area contributed by atoms with Gasteiger partial charge in [-0.05, 0) is 109 Å². The number of hydrogen-bond acceptors (Lipinski definition) is 6. The Labute approximate surface area is 496 Å². The number of hydrogen-bond donors (Lipinski definition) is 0. The maximum atomic E-state index is 12.9. The molecule has 0 heterocycles. The molecule has 0 aliphatic carbocycles. The Bertz CT molecular complexity index is 1520. The molecule has 0 aliphatic rings. The maximum absolute atomic E-state index is 12.9. The summed E-state index contributed by atoms with van der Waals surface area (Å²) >= 11 is 0. The smallest absolute Gasteiger partial charge is 0.306 e. The summed E-state index contributed by atoms with van der Waals surface area (Å²) in [5.41, 5.74) is 0. The van der Waals surface area contributed by atoms with Gasteiger partial charge in [-0.2, -0.15) is 0 Å². The van der Waals surface area contributed by atoms with E-state index in [4.69, 9.17) is 14.2 Å². The van der Waals surface area contributed by atoms with Crippen molar-refractivity contribution in [1.29, 1.82) is 0 Å². The lowest BCUT2D eigenvalue weighted by Gasteiger charge is -2.18. The molecule has 1 unspecified atom stereocenters. The molecule has 0 bridgehead atoms. The molecular formula is C74H130O6. The second-order valence-corrected chi connectivity index (χ2v) is 23.1. The van der Waals surface area contributed by atoms with Gasteiger partial charge in [0.25, 0.3) is 0 Å². The predicted molar refractivity (Wildman–Crippen MR) is 348 cm³/mol. The third kappa shape index (κ3) is 65.4. The molecule has 1 atom stereocenters. The van der Waals surface area contributed by atoms with E-state index in [1.165, 1.54) is 193 Å². The first-order valence-electron chi connectivity index (χ1n) is 34.6. The Morgan fingerprint density at radius 2 is 0.500 bits per heavy atom. The van der Waals surface area contributed by atoms with Gasteiger partial charge in [-0.1, -0.05) is 305 Å². The van der Waals surface area contributed by atoms with Gasteiger partial charge in [0.15, 0.2) is 6.10 Å². The van der Waals surface area contributed by atoms with E-state index < -0.39 is 6.10 Å². The normalized spacial score (nSPS) is 12.6. The largest absolute Gasteiger partial charge is 0.462 e. The van der Waals surface area contributed by atoms with E-state index in [0.717, 1.165) is 116 Å². The lowest BCUT2D eigenvalue weighted by atomic mass is 10.0. The Hall–Kier alpha value is -3.41. The predicted octanol–water partition coefficient (Wildman–Crippen LogP) is 23.8. The highest BCUT2D eigenvalue weighted by atomic mass is 16.6. The molecule has 6 heteroatoms. The molecule has 0 aromatic rings. The minimum Gasteiger partial charge on any atom is -0.462 e. The SMILES string of the molecule is CC/C=C\C/C=C\C/C=C\C/C=C\CCCCCCCCCCCCCCCCCCCCCCCCC(=O)OCC(COC(=O)CCCCCCC/C=C\CCCCCC)OC(=O)CCCCCCC/C=C\C/C=C\CCCC. The molecule has 0 radical (unpaired) electrons. The third-order valence-electron chi connectivity index (χ3n) is 15.1. The zero-order chi connectivity index (χ0) is 57.8. The van der Waals surface area contributed by atoms with Crippen LogP contribution >= 0.6 is 0 Å². The molecule has 0 aliphatic heterocycles. The fourth-order valence-corrected chi connectivity index (χ4v) is 9.92. The van der Waals surface area contributed by atoms with Crippen LogP contribution < -0.4 is 0 Å². The van der Waals surface area contributed by atoms with Crippen LogP contribution in [0.5, 0.6) is 0 Å². The molecule has 0 fully saturated rings. The lowest BCUT2D eigenvalue weighted by molar-refractivity contribution is -0.167. The van der Waals surface area contributed by atoms with Gasteiger partial charge in [0.05, 0.1) is 0 Å². The van der Waals surface area contributed by atoms with Gasteiger partial charge in [-0.25, -0.2) is 0 Å². The monoisotopic (exact) mass is 1110 g/mol. The van der Waals surface area contributed by atoms with Crippen LogP contribution in [0.3, 0.4) is 0 Å². The fraction of sp³-hybridized carbons (Fsp3) is 0.770. The standard InChI is InChI=1S/C74H130O6/c1-4-7-10-13-16-19-22-25-27-28-29-30-31-32-33-34-35-36-37-38-39-40-41-42-43-44-45-46-47-50-52-55-58-61-64-67-73(76)79-70-71(69-78-72(75)66-63-60-57-54-51-48-24-21-18-15-12-9-6-3)80-74(77)68-65-62-59-56-53-49-26-23-20-17-14-11-8-5-2/h7,10,14,16-17,19,21,23-27,29-30,71H,4-6,8-9,11-13,15,18,20,22,28,31-70H2,1-3H3/b10-7-,17-14-,19-16-,24-21-,26-23-,27-25-,30-29-. The Morgan fingerprint density at radius 3 is 0.812 bits per heavy atom. The summed E-state index contributed by atoms with van der Waals surface area (Å²) in [7, 11) is 0. The molecule has 462 valence electrons. The average Bonchev–Trinajstić information content (AvgIpc) is 3.46. The van der Waals surface area contributed by atoms with E-state index in [-0.39, 0.29) is 31.1 Å². The topological polar surface area (TPSA) is 78.9 Å². The summed E-state index contributed by atoms with van der Waals surface area (Å²) in [5.74, 6) is -0.888. The van der Waals surface area contributed by atoms with Crippen molar-refractivity contribution in [3.05, 3.63) is 85.1 Å². The number of unbranched alkanes of at least 4 members (excludes halogenated alkanes) is 38. The van der Waals surface area contributed by atoms with Crippen LogP contribution in [-0.2, 0) is 28.6 Å². The van der Waals surface area contributed by atoms with Crippen molar-refractivity contribution in [2.75, 3.05) is 13.2 Å². The number of ether oxygens (including phenoxy) is 3. The lowest BCUT2D eigenvalue weighted by Crippen LogP contribution is -2.30. The second-order valence-electron chi connectivity index (χ2n) is 23.1. The summed E-state index contributed by atoms with van der Waals surface area (Å²) in [5, 5.41) is 0. The molecule has 0 amide bonds. The molecule has 0 aromatic heterocycles. The van der Waals surface area contributed by atoms with Crippen LogP contribution in [0.25, 0.3) is 0 Å². The Balaban J connectivity index is 4.08. The van der Waals surface area contributed by atoms with Gasteiger partial charge in [0.1, 0.15) is 13.2 Å². The zero-order valence-corrected chi connectivity index (χ0v) is 53.1. The van der Waals surface area contributed by atoms with E-state index >= 15 is 0 Å². The first kappa shape index (κ1) is 76.6. The van der Waals surface area contributed by atoms with Crippen molar-refractivity contribution in [3.63, 3.8) is 0 Å². The van der Waals surface area contributed by atoms with Crippen LogP contribution in [-0.4, -0.2) is 37.2 Å². The molecule has 0 spiro atoms. The van der Waals surface area contributed by atoms with Gasteiger partial charge >= 0.3 is 17.9 Å². The van der Waals surface area contributed by atoms with Crippen LogP contribution in [0.15, 0.2) is 85.1 Å². The minimum absolute atomic E-state index is 0.0804. The van der Waals surface area contributed by atoms with E-state index in [0.29, 0.717) is 19.3 Å².